The molecule has 0 bridgehead atoms. The van der Waals surface area contributed by atoms with E-state index in [9.17, 15) is 0 Å². The molecule has 0 atom stereocenters. The van der Waals surface area contributed by atoms with Crippen LogP contribution in [0.1, 0.15) is 25.3 Å². The van der Waals surface area contributed by atoms with Crippen LogP contribution in [0.4, 0.5) is 0 Å². The van der Waals surface area contributed by atoms with E-state index in [1.165, 1.54) is 21.4 Å². The number of benzene rings is 2. The minimum Gasteiger partial charge on any atom is -0.494 e. The van der Waals surface area contributed by atoms with Crippen LogP contribution in [-0.2, 0) is 6.42 Å². The molecule has 1 heterocycles. The van der Waals surface area contributed by atoms with E-state index < -0.39 is 0 Å². The predicted octanol–water partition coefficient (Wildman–Crippen LogP) is 5.19. The largest absolute Gasteiger partial charge is 0.494 e. The number of aromatic amines is 1. The summed E-state index contributed by atoms with van der Waals surface area (Å²) in [5.41, 5.74) is 2.57. The van der Waals surface area contributed by atoms with Crippen LogP contribution in [0.25, 0.3) is 10.9 Å². The van der Waals surface area contributed by atoms with Gasteiger partial charge in [0.25, 0.3) is 0 Å². The highest BCUT2D eigenvalue weighted by Gasteiger charge is 2.02. The Hall–Kier alpha value is -1.91. The molecular formula is C20H24N2OS. The maximum Gasteiger partial charge on any atom is 0.119 e. The van der Waals surface area contributed by atoms with Crippen LogP contribution in [0.2, 0.25) is 0 Å². The normalized spacial score (nSPS) is 11.0. The average molecular weight is 340 g/mol. The van der Waals surface area contributed by atoms with Crippen LogP contribution in [0.15, 0.2) is 59.6 Å². The van der Waals surface area contributed by atoms with E-state index in [2.05, 4.69) is 59.2 Å². The molecule has 24 heavy (non-hydrogen) atoms. The van der Waals surface area contributed by atoms with Gasteiger partial charge in [0.05, 0.1) is 6.61 Å². The van der Waals surface area contributed by atoms with Gasteiger partial charge in [-0.2, -0.15) is 0 Å². The molecule has 0 fully saturated rings. The van der Waals surface area contributed by atoms with Crippen molar-refractivity contribution in [3.05, 3.63) is 60.3 Å². The monoisotopic (exact) mass is 340 g/mol. The summed E-state index contributed by atoms with van der Waals surface area (Å²) in [7, 11) is 0. The lowest BCUT2D eigenvalue weighted by molar-refractivity contribution is 0.309. The topological polar surface area (TPSA) is 37.0 Å². The van der Waals surface area contributed by atoms with Crippen molar-refractivity contribution in [3.63, 3.8) is 0 Å². The quantitative estimate of drug-likeness (QED) is 0.416. The molecule has 3 rings (SSSR count). The van der Waals surface area contributed by atoms with E-state index in [0.717, 1.165) is 38.2 Å². The number of fused-ring (bicyclic) bond motifs is 1. The molecule has 0 saturated carbocycles. The second kappa shape index (κ2) is 8.81. The zero-order valence-corrected chi connectivity index (χ0v) is 14.9. The van der Waals surface area contributed by atoms with Gasteiger partial charge in [-0.1, -0.05) is 31.5 Å². The number of unbranched alkanes of at least 4 members (excludes halogenated alkanes) is 1. The summed E-state index contributed by atoms with van der Waals surface area (Å²) in [5, 5.41) is 1.32. The summed E-state index contributed by atoms with van der Waals surface area (Å²) >= 11 is 1.67. The molecule has 0 aliphatic carbocycles. The molecule has 1 aromatic heterocycles. The van der Waals surface area contributed by atoms with Gasteiger partial charge in [0.2, 0.25) is 0 Å². The molecular weight excluding hydrogens is 316 g/mol. The summed E-state index contributed by atoms with van der Waals surface area (Å²) in [6, 6.07) is 16.7. The van der Waals surface area contributed by atoms with E-state index in [4.69, 9.17) is 4.74 Å². The Morgan fingerprint density at radius 3 is 2.75 bits per heavy atom. The number of hydrogen-bond donors (Lipinski definition) is 2. The van der Waals surface area contributed by atoms with Crippen molar-refractivity contribution < 1.29 is 4.74 Å². The summed E-state index contributed by atoms with van der Waals surface area (Å²) in [6.45, 7) is 3.90. The first-order chi connectivity index (χ1) is 11.9. The molecule has 2 aromatic carbocycles. The third kappa shape index (κ3) is 4.56. The van der Waals surface area contributed by atoms with E-state index in [-0.39, 0.29) is 0 Å². The highest BCUT2D eigenvalue weighted by molar-refractivity contribution is 7.97. The Labute approximate surface area is 147 Å². The zero-order valence-electron chi connectivity index (χ0n) is 14.0. The fourth-order valence-corrected chi connectivity index (χ4v) is 3.24. The van der Waals surface area contributed by atoms with E-state index in [0.29, 0.717) is 0 Å². The lowest BCUT2D eigenvalue weighted by atomic mass is 10.1. The predicted molar refractivity (Wildman–Crippen MR) is 103 cm³/mol. The number of H-pyrrole nitrogens is 1. The molecule has 0 unspecified atom stereocenters. The highest BCUT2D eigenvalue weighted by atomic mass is 32.2. The van der Waals surface area contributed by atoms with Gasteiger partial charge in [-0.25, -0.2) is 0 Å². The lowest BCUT2D eigenvalue weighted by Gasteiger charge is -2.07. The summed E-state index contributed by atoms with van der Waals surface area (Å²) in [6.07, 6.45) is 5.38. The van der Waals surface area contributed by atoms with Crippen molar-refractivity contribution in [2.75, 3.05) is 13.2 Å². The van der Waals surface area contributed by atoms with E-state index >= 15 is 0 Å². The van der Waals surface area contributed by atoms with Gasteiger partial charge in [-0.15, -0.1) is 0 Å². The van der Waals surface area contributed by atoms with Gasteiger partial charge < -0.3 is 9.72 Å². The smallest absolute Gasteiger partial charge is 0.119 e. The van der Waals surface area contributed by atoms with Gasteiger partial charge in [0.15, 0.2) is 0 Å². The van der Waals surface area contributed by atoms with Crippen LogP contribution in [0.3, 0.4) is 0 Å². The second-order valence-corrected chi connectivity index (χ2v) is 6.74. The van der Waals surface area contributed by atoms with Crippen molar-refractivity contribution in [1.29, 1.82) is 0 Å². The van der Waals surface area contributed by atoms with E-state index in [1.807, 2.05) is 12.1 Å². The van der Waals surface area contributed by atoms with Gasteiger partial charge >= 0.3 is 0 Å². The highest BCUT2D eigenvalue weighted by Crippen LogP contribution is 2.21. The Bertz CT molecular complexity index is 752. The van der Waals surface area contributed by atoms with Crippen molar-refractivity contribution in [2.45, 2.75) is 31.1 Å². The van der Waals surface area contributed by atoms with Crippen LogP contribution >= 0.6 is 11.9 Å². The fourth-order valence-electron chi connectivity index (χ4n) is 2.60. The Morgan fingerprint density at radius 1 is 1.08 bits per heavy atom. The SMILES string of the molecule is CCCCOc1ccc(SNCCc2c[nH]c3ccccc23)cc1. The molecule has 0 saturated heterocycles. The van der Waals surface area contributed by atoms with Crippen molar-refractivity contribution in [1.82, 2.24) is 9.71 Å². The minimum absolute atomic E-state index is 0.797. The number of nitrogens with one attached hydrogen (secondary N) is 2. The molecule has 0 spiro atoms. The maximum absolute atomic E-state index is 5.68. The van der Waals surface area contributed by atoms with Crippen LogP contribution in [0.5, 0.6) is 5.75 Å². The molecule has 0 radical (unpaired) electrons. The van der Waals surface area contributed by atoms with E-state index in [1.54, 1.807) is 11.9 Å². The van der Waals surface area contributed by atoms with Crippen LogP contribution < -0.4 is 9.46 Å². The maximum atomic E-state index is 5.68. The Morgan fingerprint density at radius 2 is 1.92 bits per heavy atom. The number of aromatic nitrogens is 1. The summed E-state index contributed by atoms with van der Waals surface area (Å²) < 4.78 is 9.12. The van der Waals surface area contributed by atoms with Gasteiger partial charge in [-0.05, 0) is 60.7 Å². The van der Waals surface area contributed by atoms with Gasteiger partial charge in [0.1, 0.15) is 5.75 Å². The van der Waals surface area contributed by atoms with Crippen LogP contribution in [0, 0.1) is 0 Å². The fraction of sp³-hybridized carbons (Fsp3) is 0.300. The number of rotatable bonds is 9. The molecule has 0 aliphatic rings. The lowest BCUT2D eigenvalue weighted by Crippen LogP contribution is -2.08. The van der Waals surface area contributed by atoms with Crippen molar-refractivity contribution >= 4 is 22.9 Å². The van der Waals surface area contributed by atoms with Crippen LogP contribution in [-0.4, -0.2) is 18.1 Å². The molecule has 126 valence electrons. The average Bonchev–Trinajstić information content (AvgIpc) is 3.03. The molecule has 2 N–H and O–H groups in total. The number of hydrogen-bond acceptors (Lipinski definition) is 3. The van der Waals surface area contributed by atoms with Gasteiger partial charge in [-0.3, -0.25) is 4.72 Å². The molecule has 3 aromatic rings. The van der Waals surface area contributed by atoms with Gasteiger partial charge in [0, 0.05) is 28.5 Å². The third-order valence-corrected chi connectivity index (χ3v) is 4.81. The summed E-state index contributed by atoms with van der Waals surface area (Å²) in [4.78, 5) is 4.53. The standard InChI is InChI=1S/C20H24N2OS/c1-2-3-14-23-17-8-10-18(11-9-17)24-22-13-12-16-15-21-20-7-5-4-6-19(16)20/h4-11,15,21-22H,2-3,12-14H2,1H3. The zero-order chi connectivity index (χ0) is 16.6. The third-order valence-electron chi connectivity index (χ3n) is 3.95. The van der Waals surface area contributed by atoms with Crippen molar-refractivity contribution in [2.24, 2.45) is 0 Å². The second-order valence-electron chi connectivity index (χ2n) is 5.78. The minimum atomic E-state index is 0.797. The molecule has 0 aliphatic heterocycles. The van der Waals surface area contributed by atoms with Crippen molar-refractivity contribution in [3.8, 4) is 5.75 Å². The first-order valence-corrected chi connectivity index (χ1v) is 9.36. The molecule has 4 heteroatoms. The summed E-state index contributed by atoms with van der Waals surface area (Å²) in [5.74, 6) is 0.951. The molecule has 0 amide bonds. The Kier molecular flexibility index (Phi) is 6.21. The first-order valence-electron chi connectivity index (χ1n) is 8.54. The Balaban J connectivity index is 1.43. The first kappa shape index (κ1) is 16.9. The number of ether oxygens (including phenoxy) is 1. The molecule has 3 nitrogen and oxygen atoms in total. The number of para-hydroxylation sites is 1.